The van der Waals surface area contributed by atoms with Gasteiger partial charge in [-0.2, -0.15) is 0 Å². The Bertz CT molecular complexity index is 456. The number of benzene rings is 1. The zero-order valence-electron chi connectivity index (χ0n) is 8.45. The molecular formula is C12H10BrFOS. The molecule has 0 aliphatic rings. The summed E-state index contributed by atoms with van der Waals surface area (Å²) in [5, 5.41) is 2.62. The molecule has 0 saturated heterocycles. The molecule has 0 spiro atoms. The highest BCUT2D eigenvalue weighted by atomic mass is 79.9. The van der Waals surface area contributed by atoms with Crippen LogP contribution in [0.4, 0.5) is 4.39 Å². The molecule has 0 atom stereocenters. The van der Waals surface area contributed by atoms with Crippen LogP contribution in [-0.4, -0.2) is 0 Å². The van der Waals surface area contributed by atoms with Gasteiger partial charge in [0.1, 0.15) is 18.2 Å². The van der Waals surface area contributed by atoms with E-state index in [4.69, 9.17) is 4.74 Å². The summed E-state index contributed by atoms with van der Waals surface area (Å²) in [6, 6.07) is 8.70. The lowest BCUT2D eigenvalue weighted by Crippen LogP contribution is -1.94. The van der Waals surface area contributed by atoms with Crippen molar-refractivity contribution in [3.05, 3.63) is 52.0 Å². The molecule has 0 aliphatic carbocycles. The quantitative estimate of drug-likeness (QED) is 0.762. The van der Waals surface area contributed by atoms with Crippen LogP contribution in [0.1, 0.15) is 10.4 Å². The average molecular weight is 301 g/mol. The summed E-state index contributed by atoms with van der Waals surface area (Å²) in [6.45, 7) is 0.489. The first-order valence-corrected chi connectivity index (χ1v) is 6.78. The van der Waals surface area contributed by atoms with Gasteiger partial charge in [-0.25, -0.2) is 4.39 Å². The van der Waals surface area contributed by atoms with Crippen molar-refractivity contribution in [1.29, 1.82) is 0 Å². The van der Waals surface area contributed by atoms with Gasteiger partial charge in [0.25, 0.3) is 0 Å². The van der Waals surface area contributed by atoms with E-state index in [1.54, 1.807) is 11.3 Å². The summed E-state index contributed by atoms with van der Waals surface area (Å²) in [7, 11) is 0. The van der Waals surface area contributed by atoms with E-state index < -0.39 is 0 Å². The zero-order chi connectivity index (χ0) is 11.4. The molecule has 0 aliphatic heterocycles. The second-order valence-electron chi connectivity index (χ2n) is 3.30. The van der Waals surface area contributed by atoms with Crippen LogP contribution in [0.25, 0.3) is 0 Å². The zero-order valence-corrected chi connectivity index (χ0v) is 10.9. The molecule has 0 bridgehead atoms. The van der Waals surface area contributed by atoms with Gasteiger partial charge in [-0.05, 0) is 29.1 Å². The van der Waals surface area contributed by atoms with E-state index in [1.807, 2.05) is 23.6 Å². The molecule has 0 radical (unpaired) electrons. The third kappa shape index (κ3) is 3.06. The van der Waals surface area contributed by atoms with E-state index in [9.17, 15) is 4.39 Å². The Kier molecular flexibility index (Phi) is 3.96. The van der Waals surface area contributed by atoms with Crippen molar-refractivity contribution in [3.8, 4) is 5.75 Å². The van der Waals surface area contributed by atoms with Crippen LogP contribution < -0.4 is 4.74 Å². The molecule has 0 amide bonds. The number of alkyl halides is 1. The first kappa shape index (κ1) is 11.6. The smallest absolute Gasteiger partial charge is 0.127 e. The molecule has 1 nitrogen and oxygen atoms in total. The fraction of sp³-hybridized carbons (Fsp3) is 0.167. The fourth-order valence-electron chi connectivity index (χ4n) is 1.33. The monoisotopic (exact) mass is 300 g/mol. The molecule has 2 rings (SSSR count). The van der Waals surface area contributed by atoms with Gasteiger partial charge in [-0.15, -0.1) is 11.3 Å². The van der Waals surface area contributed by atoms with Crippen molar-refractivity contribution in [2.75, 3.05) is 0 Å². The standard InChI is InChI=1S/C12H10BrFOS/c13-7-9-4-10(14)6-11(5-9)15-8-12-2-1-3-16-12/h1-6H,7-8H2. The minimum Gasteiger partial charge on any atom is -0.488 e. The van der Waals surface area contributed by atoms with Crippen LogP contribution >= 0.6 is 27.3 Å². The summed E-state index contributed by atoms with van der Waals surface area (Å²) in [4.78, 5) is 1.13. The number of thiophene rings is 1. The Hall–Kier alpha value is -0.870. The fourth-order valence-corrected chi connectivity index (χ4v) is 2.27. The third-order valence-corrected chi connectivity index (χ3v) is 3.54. The number of rotatable bonds is 4. The normalized spacial score (nSPS) is 10.4. The van der Waals surface area contributed by atoms with E-state index in [0.717, 1.165) is 10.4 Å². The van der Waals surface area contributed by atoms with Crippen LogP contribution in [0.5, 0.6) is 5.75 Å². The van der Waals surface area contributed by atoms with Gasteiger partial charge in [0, 0.05) is 16.3 Å². The first-order chi connectivity index (χ1) is 7.78. The molecule has 1 aromatic heterocycles. The molecule has 0 N–H and O–H groups in total. The highest BCUT2D eigenvalue weighted by Crippen LogP contribution is 2.20. The summed E-state index contributed by atoms with van der Waals surface area (Å²) in [5.74, 6) is 0.306. The molecule has 2 aromatic rings. The van der Waals surface area contributed by atoms with Gasteiger partial charge < -0.3 is 4.74 Å². The first-order valence-electron chi connectivity index (χ1n) is 4.78. The summed E-state index contributed by atoms with van der Waals surface area (Å²) in [5.41, 5.74) is 0.876. The summed E-state index contributed by atoms with van der Waals surface area (Å²) < 4.78 is 18.7. The molecule has 1 heterocycles. The number of hydrogen-bond donors (Lipinski definition) is 0. The number of hydrogen-bond acceptors (Lipinski definition) is 2. The highest BCUT2D eigenvalue weighted by Gasteiger charge is 2.02. The molecule has 0 saturated carbocycles. The molecule has 0 unspecified atom stereocenters. The molecule has 1 aromatic carbocycles. The van der Waals surface area contributed by atoms with Crippen molar-refractivity contribution in [2.24, 2.45) is 0 Å². The van der Waals surface area contributed by atoms with Crippen LogP contribution in [0.2, 0.25) is 0 Å². The molecular weight excluding hydrogens is 291 g/mol. The SMILES string of the molecule is Fc1cc(CBr)cc(OCc2cccs2)c1. The van der Waals surface area contributed by atoms with Gasteiger partial charge in [-0.1, -0.05) is 22.0 Å². The van der Waals surface area contributed by atoms with Crippen molar-refractivity contribution in [2.45, 2.75) is 11.9 Å². The van der Waals surface area contributed by atoms with Crippen LogP contribution in [0.15, 0.2) is 35.7 Å². The van der Waals surface area contributed by atoms with Crippen molar-refractivity contribution < 1.29 is 9.13 Å². The van der Waals surface area contributed by atoms with Gasteiger partial charge in [0.2, 0.25) is 0 Å². The topological polar surface area (TPSA) is 9.23 Å². The highest BCUT2D eigenvalue weighted by molar-refractivity contribution is 9.08. The van der Waals surface area contributed by atoms with E-state index in [1.165, 1.54) is 12.1 Å². The van der Waals surface area contributed by atoms with Gasteiger partial charge in [0.15, 0.2) is 0 Å². The minimum absolute atomic E-state index is 0.266. The maximum atomic E-state index is 13.2. The lowest BCUT2D eigenvalue weighted by atomic mass is 10.2. The predicted octanol–water partition coefficient (Wildman–Crippen LogP) is 4.36. The van der Waals surface area contributed by atoms with Crippen molar-refractivity contribution >= 4 is 27.3 Å². The lowest BCUT2D eigenvalue weighted by Gasteiger charge is -2.06. The Balaban J connectivity index is 2.06. The van der Waals surface area contributed by atoms with Gasteiger partial charge in [0.05, 0.1) is 0 Å². The van der Waals surface area contributed by atoms with E-state index in [-0.39, 0.29) is 5.82 Å². The van der Waals surface area contributed by atoms with Crippen molar-refractivity contribution in [3.63, 3.8) is 0 Å². The molecule has 0 fully saturated rings. The second-order valence-corrected chi connectivity index (χ2v) is 4.89. The Morgan fingerprint density at radius 3 is 2.88 bits per heavy atom. The van der Waals surface area contributed by atoms with Gasteiger partial charge in [-0.3, -0.25) is 0 Å². The molecule has 84 valence electrons. The van der Waals surface area contributed by atoms with E-state index >= 15 is 0 Å². The second kappa shape index (κ2) is 5.46. The van der Waals surface area contributed by atoms with E-state index in [2.05, 4.69) is 15.9 Å². The lowest BCUT2D eigenvalue weighted by molar-refractivity contribution is 0.308. The average Bonchev–Trinajstić information content (AvgIpc) is 2.78. The van der Waals surface area contributed by atoms with Crippen LogP contribution in [0, 0.1) is 5.82 Å². The molecule has 4 heteroatoms. The number of ether oxygens (including phenoxy) is 1. The Morgan fingerprint density at radius 1 is 1.31 bits per heavy atom. The molecule has 16 heavy (non-hydrogen) atoms. The van der Waals surface area contributed by atoms with Crippen LogP contribution in [-0.2, 0) is 11.9 Å². The maximum Gasteiger partial charge on any atom is 0.127 e. The third-order valence-electron chi connectivity index (χ3n) is 2.05. The Labute approximate surface area is 106 Å². The van der Waals surface area contributed by atoms with Crippen molar-refractivity contribution in [1.82, 2.24) is 0 Å². The van der Waals surface area contributed by atoms with E-state index in [0.29, 0.717) is 17.7 Å². The largest absolute Gasteiger partial charge is 0.488 e. The number of halogens is 2. The summed E-state index contributed by atoms with van der Waals surface area (Å²) in [6.07, 6.45) is 0. The van der Waals surface area contributed by atoms with Crippen LogP contribution in [0.3, 0.4) is 0 Å². The Morgan fingerprint density at radius 2 is 2.19 bits per heavy atom. The predicted molar refractivity (Wildman–Crippen MR) is 67.7 cm³/mol. The summed E-state index contributed by atoms with van der Waals surface area (Å²) >= 11 is 4.92. The maximum absolute atomic E-state index is 13.2. The van der Waals surface area contributed by atoms with Gasteiger partial charge >= 0.3 is 0 Å². The minimum atomic E-state index is -0.266.